The molecule has 0 spiro atoms. The van der Waals surface area contributed by atoms with Crippen LogP contribution in [0.15, 0.2) is 60.7 Å². The third-order valence-corrected chi connectivity index (χ3v) is 4.80. The topological polar surface area (TPSA) is 142 Å². The van der Waals surface area contributed by atoms with Gasteiger partial charge in [0.15, 0.2) is 0 Å². The van der Waals surface area contributed by atoms with Crippen LogP contribution in [-0.4, -0.2) is 46.6 Å². The molecule has 0 aliphatic carbocycles. The summed E-state index contributed by atoms with van der Waals surface area (Å²) in [7, 11) is 0. The van der Waals surface area contributed by atoms with Gasteiger partial charge >= 0.3 is 11.9 Å². The van der Waals surface area contributed by atoms with Gasteiger partial charge < -0.3 is 25.6 Å². The largest absolute Gasteiger partial charge is 0.508 e. The highest BCUT2D eigenvalue weighted by Gasteiger charge is 2.21. The number of esters is 1. The Hall–Kier alpha value is -4.14. The molecule has 0 aliphatic rings. The number of rotatable bonds is 12. The van der Waals surface area contributed by atoms with Crippen LogP contribution in [0.25, 0.3) is 0 Å². The van der Waals surface area contributed by atoms with Gasteiger partial charge in [-0.2, -0.15) is 0 Å². The average Bonchev–Trinajstić information content (AvgIpc) is 2.79. The number of aromatic hydroxyl groups is 1. The summed E-state index contributed by atoms with van der Waals surface area (Å²) in [6.45, 7) is 5.46. The molecule has 0 aromatic heterocycles. The molecule has 34 heavy (non-hydrogen) atoms. The maximum atomic E-state index is 12.7. The van der Waals surface area contributed by atoms with E-state index in [1.165, 1.54) is 12.1 Å². The molecule has 0 bridgehead atoms. The average molecular weight is 469 g/mol. The smallest absolute Gasteiger partial charge is 0.311 e. The third kappa shape index (κ3) is 9.15. The molecule has 0 saturated heterocycles. The SMILES string of the molecule is C=C(C)C(=O)N[C@@H](Cc1ccc(O)cc1)C(=O)NCCc1ccc(OC(=O)CCC(=O)O)cc1. The fraction of sp³-hybridized carbons (Fsp3) is 0.280. The number of carbonyl (C=O) groups excluding carboxylic acids is 3. The molecule has 9 nitrogen and oxygen atoms in total. The molecule has 0 heterocycles. The molecule has 2 aromatic carbocycles. The molecular weight excluding hydrogens is 440 g/mol. The van der Waals surface area contributed by atoms with Crippen LogP contribution < -0.4 is 15.4 Å². The van der Waals surface area contributed by atoms with E-state index in [1.54, 1.807) is 43.3 Å². The van der Waals surface area contributed by atoms with E-state index in [9.17, 15) is 24.3 Å². The Balaban J connectivity index is 1.89. The molecule has 1 atom stereocenters. The zero-order chi connectivity index (χ0) is 25.1. The number of hydrogen-bond donors (Lipinski definition) is 4. The van der Waals surface area contributed by atoms with Gasteiger partial charge in [0.1, 0.15) is 17.5 Å². The number of hydrogen-bond acceptors (Lipinski definition) is 6. The van der Waals surface area contributed by atoms with Crippen molar-refractivity contribution in [1.29, 1.82) is 0 Å². The third-order valence-electron chi connectivity index (χ3n) is 4.80. The van der Waals surface area contributed by atoms with Crippen LogP contribution in [0.3, 0.4) is 0 Å². The Bertz CT molecular complexity index is 1030. The van der Waals surface area contributed by atoms with Crippen molar-refractivity contribution < 1.29 is 34.1 Å². The molecule has 0 fully saturated rings. The zero-order valence-corrected chi connectivity index (χ0v) is 18.9. The number of phenols is 1. The van der Waals surface area contributed by atoms with Crippen LogP contribution >= 0.6 is 0 Å². The second-order valence-electron chi connectivity index (χ2n) is 7.73. The van der Waals surface area contributed by atoms with Crippen LogP contribution in [0.5, 0.6) is 11.5 Å². The van der Waals surface area contributed by atoms with Crippen molar-refractivity contribution in [3.8, 4) is 11.5 Å². The number of carbonyl (C=O) groups is 4. The number of phenolic OH excluding ortho intramolecular Hbond substituents is 1. The number of nitrogens with one attached hydrogen (secondary N) is 2. The van der Waals surface area contributed by atoms with Crippen molar-refractivity contribution in [2.75, 3.05) is 6.54 Å². The van der Waals surface area contributed by atoms with E-state index in [0.717, 1.165) is 11.1 Å². The van der Waals surface area contributed by atoms with E-state index in [1.807, 2.05) is 0 Å². The van der Waals surface area contributed by atoms with Gasteiger partial charge in [0, 0.05) is 18.5 Å². The molecule has 0 aliphatic heterocycles. The Morgan fingerprint density at radius 1 is 0.971 bits per heavy atom. The number of carboxylic acid groups (broad SMARTS) is 1. The number of amides is 2. The Labute approximate surface area is 197 Å². The minimum Gasteiger partial charge on any atom is -0.508 e. The van der Waals surface area contributed by atoms with Gasteiger partial charge in [-0.15, -0.1) is 0 Å². The first-order valence-electron chi connectivity index (χ1n) is 10.7. The number of aliphatic carboxylic acids is 1. The lowest BCUT2D eigenvalue weighted by molar-refractivity contribution is -0.142. The van der Waals surface area contributed by atoms with E-state index in [0.29, 0.717) is 18.7 Å². The predicted molar refractivity (Wildman–Crippen MR) is 124 cm³/mol. The highest BCUT2D eigenvalue weighted by atomic mass is 16.5. The van der Waals surface area contributed by atoms with Crippen molar-refractivity contribution in [2.24, 2.45) is 0 Å². The van der Waals surface area contributed by atoms with Crippen molar-refractivity contribution in [2.45, 2.75) is 38.6 Å². The second kappa shape index (κ2) is 12.8. The van der Waals surface area contributed by atoms with Crippen LogP contribution in [0.2, 0.25) is 0 Å². The lowest BCUT2D eigenvalue weighted by atomic mass is 10.0. The molecule has 2 rings (SSSR count). The number of ether oxygens (including phenoxy) is 1. The second-order valence-corrected chi connectivity index (χ2v) is 7.73. The minimum atomic E-state index is -1.07. The van der Waals surface area contributed by atoms with Gasteiger partial charge in [0.25, 0.3) is 0 Å². The lowest BCUT2D eigenvalue weighted by Crippen LogP contribution is -2.48. The number of benzene rings is 2. The summed E-state index contributed by atoms with van der Waals surface area (Å²) in [6, 6.07) is 12.2. The molecule has 9 heteroatoms. The monoisotopic (exact) mass is 468 g/mol. The Kier molecular flexibility index (Phi) is 9.82. The normalized spacial score (nSPS) is 11.2. The van der Waals surface area contributed by atoms with Gasteiger partial charge in [-0.3, -0.25) is 19.2 Å². The van der Waals surface area contributed by atoms with Crippen molar-refractivity contribution in [3.05, 3.63) is 71.8 Å². The Morgan fingerprint density at radius 2 is 1.59 bits per heavy atom. The van der Waals surface area contributed by atoms with Crippen LogP contribution in [-0.2, 0) is 32.0 Å². The Morgan fingerprint density at radius 3 is 2.18 bits per heavy atom. The van der Waals surface area contributed by atoms with E-state index < -0.39 is 23.9 Å². The van der Waals surface area contributed by atoms with Gasteiger partial charge in [0.05, 0.1) is 12.8 Å². The molecule has 4 N–H and O–H groups in total. The highest BCUT2D eigenvalue weighted by molar-refractivity contribution is 5.96. The number of carboxylic acids is 1. The molecule has 0 unspecified atom stereocenters. The van der Waals surface area contributed by atoms with E-state index in [-0.39, 0.29) is 36.5 Å². The molecule has 0 radical (unpaired) electrons. The van der Waals surface area contributed by atoms with Crippen molar-refractivity contribution in [1.82, 2.24) is 10.6 Å². The maximum Gasteiger partial charge on any atom is 0.311 e. The van der Waals surface area contributed by atoms with Crippen LogP contribution in [0, 0.1) is 0 Å². The first kappa shape index (κ1) is 26.1. The van der Waals surface area contributed by atoms with Gasteiger partial charge in [-0.05, 0) is 48.7 Å². The lowest BCUT2D eigenvalue weighted by Gasteiger charge is -2.19. The molecule has 2 amide bonds. The van der Waals surface area contributed by atoms with Crippen LogP contribution in [0.1, 0.15) is 30.9 Å². The van der Waals surface area contributed by atoms with E-state index in [4.69, 9.17) is 9.84 Å². The van der Waals surface area contributed by atoms with Crippen molar-refractivity contribution in [3.63, 3.8) is 0 Å². The quantitative estimate of drug-likeness (QED) is 0.212. The zero-order valence-electron chi connectivity index (χ0n) is 18.9. The molecule has 180 valence electrons. The summed E-state index contributed by atoms with van der Waals surface area (Å²) in [5.41, 5.74) is 1.94. The molecule has 0 saturated carbocycles. The first-order chi connectivity index (χ1) is 16.1. The van der Waals surface area contributed by atoms with Gasteiger partial charge in [-0.25, -0.2) is 0 Å². The summed E-state index contributed by atoms with van der Waals surface area (Å²) >= 11 is 0. The summed E-state index contributed by atoms with van der Waals surface area (Å²) in [4.78, 5) is 46.9. The predicted octanol–water partition coefficient (Wildman–Crippen LogP) is 2.12. The maximum absolute atomic E-state index is 12.7. The van der Waals surface area contributed by atoms with Gasteiger partial charge in [0.2, 0.25) is 11.8 Å². The molecule has 2 aromatic rings. The summed E-state index contributed by atoms with van der Waals surface area (Å²) < 4.78 is 5.08. The molecular formula is C25H28N2O7. The fourth-order valence-electron chi connectivity index (χ4n) is 2.93. The van der Waals surface area contributed by atoms with E-state index >= 15 is 0 Å². The highest BCUT2D eigenvalue weighted by Crippen LogP contribution is 2.14. The first-order valence-corrected chi connectivity index (χ1v) is 10.7. The summed E-state index contributed by atoms with van der Waals surface area (Å²) in [6.07, 6.45) is 0.236. The standard InChI is InChI=1S/C25H28N2O7/c1-16(2)24(32)27-21(15-18-3-7-19(28)8-4-18)25(33)26-14-13-17-5-9-20(10-6-17)34-23(31)12-11-22(29)30/h3-10,21,28H,1,11-15H2,2H3,(H,26,33)(H,27,32)(H,29,30)/t21-/m0/s1. The fourth-order valence-corrected chi connectivity index (χ4v) is 2.93. The van der Waals surface area contributed by atoms with Gasteiger partial charge in [-0.1, -0.05) is 30.8 Å². The van der Waals surface area contributed by atoms with E-state index in [2.05, 4.69) is 17.2 Å². The van der Waals surface area contributed by atoms with Crippen LogP contribution in [0.4, 0.5) is 0 Å². The minimum absolute atomic E-state index is 0.108. The summed E-state index contributed by atoms with van der Waals surface area (Å²) in [5.74, 6) is -2.06. The summed E-state index contributed by atoms with van der Waals surface area (Å²) in [5, 5.41) is 23.5. The van der Waals surface area contributed by atoms with Crippen molar-refractivity contribution >= 4 is 23.8 Å².